The van der Waals surface area contributed by atoms with Gasteiger partial charge in [0.05, 0.1) is 28.9 Å². The van der Waals surface area contributed by atoms with Crippen LogP contribution in [-0.2, 0) is 9.84 Å². The van der Waals surface area contributed by atoms with E-state index in [0.717, 1.165) is 11.1 Å². The van der Waals surface area contributed by atoms with Crippen molar-refractivity contribution in [3.05, 3.63) is 83.8 Å². The molecule has 0 N–H and O–H groups in total. The molecule has 6 nitrogen and oxygen atoms in total. The minimum atomic E-state index is -3.86. The van der Waals surface area contributed by atoms with Crippen molar-refractivity contribution in [2.45, 2.75) is 23.6 Å². The van der Waals surface area contributed by atoms with Crippen LogP contribution in [0.2, 0.25) is 0 Å². The second-order valence-electron chi connectivity index (χ2n) is 9.03. The molecule has 3 aromatic carbocycles. The molecule has 1 fully saturated rings. The van der Waals surface area contributed by atoms with E-state index >= 15 is 0 Å². The number of benzene rings is 3. The van der Waals surface area contributed by atoms with Crippen molar-refractivity contribution in [2.75, 3.05) is 43.1 Å². The van der Waals surface area contributed by atoms with Gasteiger partial charge in [0.1, 0.15) is 16.5 Å². The Morgan fingerprint density at radius 3 is 2.31 bits per heavy atom. The minimum absolute atomic E-state index is 0.158. The fraction of sp³-hybridized carbons (Fsp3) is 0.250. The number of para-hydroxylation sites is 1. The molecule has 0 amide bonds. The fourth-order valence-electron chi connectivity index (χ4n) is 4.68. The van der Waals surface area contributed by atoms with E-state index in [0.29, 0.717) is 54.2 Å². The van der Waals surface area contributed by atoms with Crippen molar-refractivity contribution >= 4 is 32.1 Å². The first kappa shape index (κ1) is 24.1. The largest absolute Gasteiger partial charge is 0.497 e. The van der Waals surface area contributed by atoms with Crippen LogP contribution in [0, 0.1) is 19.7 Å². The molecule has 0 spiro atoms. The van der Waals surface area contributed by atoms with Gasteiger partial charge in [-0.25, -0.2) is 12.8 Å². The minimum Gasteiger partial charge on any atom is -0.497 e. The van der Waals surface area contributed by atoms with Crippen LogP contribution >= 0.6 is 0 Å². The second kappa shape index (κ2) is 9.43. The Hall–Kier alpha value is -3.65. The van der Waals surface area contributed by atoms with Gasteiger partial charge in [-0.1, -0.05) is 18.2 Å². The van der Waals surface area contributed by atoms with Crippen molar-refractivity contribution < 1.29 is 17.5 Å². The summed E-state index contributed by atoms with van der Waals surface area (Å²) in [4.78, 5) is 8.95. The molecule has 8 heteroatoms. The van der Waals surface area contributed by atoms with Crippen LogP contribution in [0.5, 0.6) is 5.75 Å². The topological polar surface area (TPSA) is 62.7 Å². The lowest BCUT2D eigenvalue weighted by atomic mass is 10.1. The van der Waals surface area contributed by atoms with Gasteiger partial charge in [-0.2, -0.15) is 0 Å². The summed E-state index contributed by atoms with van der Waals surface area (Å²) >= 11 is 0. The van der Waals surface area contributed by atoms with Crippen molar-refractivity contribution in [2.24, 2.45) is 0 Å². The third-order valence-corrected chi connectivity index (χ3v) is 8.63. The van der Waals surface area contributed by atoms with Crippen molar-refractivity contribution in [1.29, 1.82) is 0 Å². The molecule has 1 aliphatic rings. The number of halogens is 1. The Labute approximate surface area is 210 Å². The Kier molecular flexibility index (Phi) is 6.30. The van der Waals surface area contributed by atoms with Crippen LogP contribution in [0.4, 0.5) is 15.8 Å². The van der Waals surface area contributed by atoms with Gasteiger partial charge >= 0.3 is 0 Å². The van der Waals surface area contributed by atoms with Gasteiger partial charge in [-0.15, -0.1) is 0 Å². The first-order chi connectivity index (χ1) is 17.3. The Morgan fingerprint density at radius 2 is 1.61 bits per heavy atom. The summed E-state index contributed by atoms with van der Waals surface area (Å²) in [5.74, 6) is 0.360. The highest BCUT2D eigenvalue weighted by molar-refractivity contribution is 7.91. The summed E-state index contributed by atoms with van der Waals surface area (Å²) in [6.07, 6.45) is 1.46. The number of sulfone groups is 1. The van der Waals surface area contributed by atoms with E-state index in [2.05, 4.69) is 9.88 Å². The van der Waals surface area contributed by atoms with Gasteiger partial charge < -0.3 is 14.5 Å². The molecule has 1 aliphatic heterocycles. The Bertz CT molecular complexity index is 1550. The summed E-state index contributed by atoms with van der Waals surface area (Å²) < 4.78 is 47.7. The van der Waals surface area contributed by atoms with Gasteiger partial charge in [0.2, 0.25) is 9.84 Å². The molecule has 0 bridgehead atoms. The van der Waals surface area contributed by atoms with E-state index in [4.69, 9.17) is 4.74 Å². The lowest BCUT2D eigenvalue weighted by molar-refractivity contribution is 0.415. The number of methoxy groups -OCH3 is 1. The summed E-state index contributed by atoms with van der Waals surface area (Å²) in [5, 5.41) is 0.707. The molecular weight excluding hydrogens is 477 g/mol. The lowest BCUT2D eigenvalue weighted by Gasteiger charge is -2.38. The Morgan fingerprint density at radius 1 is 0.889 bits per heavy atom. The lowest BCUT2D eigenvalue weighted by Crippen LogP contribution is -2.47. The summed E-state index contributed by atoms with van der Waals surface area (Å²) in [6, 6.07) is 17.4. The number of anilines is 2. The van der Waals surface area contributed by atoms with E-state index in [1.807, 2.05) is 49.1 Å². The van der Waals surface area contributed by atoms with Crippen LogP contribution in [0.25, 0.3) is 10.9 Å². The van der Waals surface area contributed by atoms with Crippen LogP contribution in [0.15, 0.2) is 76.7 Å². The maximum absolute atomic E-state index is 14.4. The van der Waals surface area contributed by atoms with E-state index in [9.17, 15) is 12.8 Å². The van der Waals surface area contributed by atoms with Crippen LogP contribution in [0.3, 0.4) is 0 Å². The number of pyridine rings is 1. The maximum atomic E-state index is 14.4. The number of hydrogen-bond donors (Lipinski definition) is 0. The van der Waals surface area contributed by atoms with Gasteiger partial charge in [0.15, 0.2) is 0 Å². The fourth-order valence-corrected chi connectivity index (χ4v) is 6.19. The zero-order valence-corrected chi connectivity index (χ0v) is 21.3. The first-order valence-corrected chi connectivity index (χ1v) is 13.3. The monoisotopic (exact) mass is 505 g/mol. The van der Waals surface area contributed by atoms with E-state index in [1.165, 1.54) is 12.3 Å². The molecule has 0 unspecified atom stereocenters. The zero-order chi connectivity index (χ0) is 25.4. The standard InChI is InChI=1S/C28H28FN3O3S/c1-19-8-10-22(16-20(19)2)36(33,34)27-18-30-25-11-9-21(35-3)17-23(25)28(27)32-14-12-31(13-15-32)26-7-5-4-6-24(26)29/h4-11,16-18H,12-15H2,1-3H3. The van der Waals surface area contributed by atoms with Crippen molar-refractivity contribution in [3.8, 4) is 5.75 Å². The zero-order valence-electron chi connectivity index (χ0n) is 20.5. The third kappa shape index (κ3) is 4.26. The number of aromatic nitrogens is 1. The molecule has 4 aromatic rings. The highest BCUT2D eigenvalue weighted by Crippen LogP contribution is 2.38. The average Bonchev–Trinajstić information content (AvgIpc) is 2.89. The van der Waals surface area contributed by atoms with Crippen LogP contribution in [-0.4, -0.2) is 46.7 Å². The molecule has 36 heavy (non-hydrogen) atoms. The number of nitrogens with zero attached hydrogens (tertiary/aromatic N) is 3. The van der Waals surface area contributed by atoms with E-state index in [1.54, 1.807) is 31.4 Å². The number of rotatable bonds is 5. The normalized spacial score (nSPS) is 14.3. The molecule has 1 aromatic heterocycles. The van der Waals surface area contributed by atoms with Gasteiger partial charge in [0, 0.05) is 37.8 Å². The van der Waals surface area contributed by atoms with E-state index in [-0.39, 0.29) is 15.6 Å². The summed E-state index contributed by atoms with van der Waals surface area (Å²) in [6.45, 7) is 6.02. The molecule has 0 atom stereocenters. The molecule has 2 heterocycles. The second-order valence-corrected chi connectivity index (χ2v) is 10.9. The van der Waals surface area contributed by atoms with Crippen LogP contribution in [0.1, 0.15) is 11.1 Å². The SMILES string of the molecule is COc1ccc2ncc(S(=O)(=O)c3ccc(C)c(C)c3)c(N3CCN(c4ccccc4F)CC3)c2c1. The van der Waals surface area contributed by atoms with Crippen molar-refractivity contribution in [3.63, 3.8) is 0 Å². The maximum Gasteiger partial charge on any atom is 0.210 e. The first-order valence-electron chi connectivity index (χ1n) is 11.8. The van der Waals surface area contributed by atoms with Gasteiger partial charge in [0.25, 0.3) is 0 Å². The summed E-state index contributed by atoms with van der Waals surface area (Å²) in [7, 11) is -2.28. The number of aryl methyl sites for hydroxylation is 2. The molecule has 1 saturated heterocycles. The summed E-state index contributed by atoms with van der Waals surface area (Å²) in [5.41, 5.74) is 3.78. The number of ether oxygens (including phenoxy) is 1. The highest BCUT2D eigenvalue weighted by atomic mass is 32.2. The Balaban J connectivity index is 1.61. The smallest absolute Gasteiger partial charge is 0.210 e. The van der Waals surface area contributed by atoms with Crippen LogP contribution < -0.4 is 14.5 Å². The molecule has 0 saturated carbocycles. The predicted molar refractivity (Wildman–Crippen MR) is 140 cm³/mol. The molecule has 0 aliphatic carbocycles. The van der Waals surface area contributed by atoms with Gasteiger partial charge in [-0.3, -0.25) is 4.98 Å². The molecule has 0 radical (unpaired) electrons. The van der Waals surface area contributed by atoms with Crippen molar-refractivity contribution in [1.82, 2.24) is 4.98 Å². The third-order valence-electron chi connectivity index (χ3n) is 6.88. The number of hydrogen-bond acceptors (Lipinski definition) is 6. The molecular formula is C28H28FN3O3S. The molecule has 186 valence electrons. The van der Waals surface area contributed by atoms with E-state index < -0.39 is 9.84 Å². The predicted octanol–water partition coefficient (Wildman–Crippen LogP) is 5.16. The highest BCUT2D eigenvalue weighted by Gasteiger charge is 2.29. The van der Waals surface area contributed by atoms with Gasteiger partial charge in [-0.05, 0) is 67.4 Å². The number of fused-ring (bicyclic) bond motifs is 1. The quantitative estimate of drug-likeness (QED) is 0.374. The molecule has 5 rings (SSSR count). The average molecular weight is 506 g/mol. The number of piperazine rings is 1.